The Morgan fingerprint density at radius 2 is 1.40 bits per heavy atom. The smallest absolute Gasteiger partial charge is 0.146 e. The highest BCUT2D eigenvalue weighted by Gasteiger charge is 2.10. The zero-order chi connectivity index (χ0) is 17.6. The van der Waals surface area contributed by atoms with E-state index in [-0.39, 0.29) is 16.9 Å². The first kappa shape index (κ1) is 16.0. The molecule has 0 saturated heterocycles. The SMILES string of the molecule is N#Cc1cccc(Oc2cccc(Oc3ccc(F)cc3)c2)c1C#N. The van der Waals surface area contributed by atoms with Gasteiger partial charge in [-0.3, -0.25) is 0 Å². The van der Waals surface area contributed by atoms with Gasteiger partial charge in [0.05, 0.1) is 5.56 Å². The van der Waals surface area contributed by atoms with E-state index in [9.17, 15) is 9.65 Å². The largest absolute Gasteiger partial charge is 0.457 e. The molecule has 0 aromatic heterocycles. The highest BCUT2D eigenvalue weighted by atomic mass is 19.1. The number of halogens is 1. The second-order valence-corrected chi connectivity index (χ2v) is 5.04. The lowest BCUT2D eigenvalue weighted by molar-refractivity contribution is 0.458. The van der Waals surface area contributed by atoms with Crippen LogP contribution in [0.3, 0.4) is 0 Å². The summed E-state index contributed by atoms with van der Waals surface area (Å²) in [6.07, 6.45) is 0. The lowest BCUT2D eigenvalue weighted by Crippen LogP contribution is -1.92. The fraction of sp³-hybridized carbons (Fsp3) is 0. The van der Waals surface area contributed by atoms with Crippen LogP contribution in [0.2, 0.25) is 0 Å². The minimum atomic E-state index is -0.342. The highest BCUT2D eigenvalue weighted by Crippen LogP contribution is 2.30. The second kappa shape index (κ2) is 7.16. The molecule has 3 aromatic carbocycles. The van der Waals surface area contributed by atoms with Gasteiger partial charge in [-0.1, -0.05) is 12.1 Å². The van der Waals surface area contributed by atoms with E-state index in [0.717, 1.165) is 0 Å². The standard InChI is InChI=1S/C20H11FN2O2/c21-15-7-9-16(10-8-15)24-17-4-2-5-18(11-17)25-20-6-1-3-14(12-22)19(20)13-23/h1-11H. The van der Waals surface area contributed by atoms with Crippen molar-refractivity contribution in [1.82, 2.24) is 0 Å². The first-order valence-corrected chi connectivity index (χ1v) is 7.34. The van der Waals surface area contributed by atoms with E-state index >= 15 is 0 Å². The van der Waals surface area contributed by atoms with Crippen LogP contribution in [0.1, 0.15) is 11.1 Å². The van der Waals surface area contributed by atoms with Gasteiger partial charge in [0, 0.05) is 6.07 Å². The van der Waals surface area contributed by atoms with Gasteiger partial charge in [0.2, 0.25) is 0 Å². The monoisotopic (exact) mass is 330 g/mol. The predicted molar refractivity (Wildman–Crippen MR) is 88.9 cm³/mol. The van der Waals surface area contributed by atoms with Gasteiger partial charge in [0.1, 0.15) is 46.5 Å². The summed E-state index contributed by atoms with van der Waals surface area (Å²) in [6.45, 7) is 0. The van der Waals surface area contributed by atoms with Gasteiger partial charge in [0.15, 0.2) is 0 Å². The van der Waals surface area contributed by atoms with Gasteiger partial charge in [-0.2, -0.15) is 10.5 Å². The quantitative estimate of drug-likeness (QED) is 0.663. The van der Waals surface area contributed by atoms with E-state index in [1.54, 1.807) is 42.5 Å². The van der Waals surface area contributed by atoms with Crippen LogP contribution in [0.5, 0.6) is 23.0 Å². The Morgan fingerprint density at radius 3 is 2.08 bits per heavy atom. The Hall–Kier alpha value is -3.83. The molecule has 0 N–H and O–H groups in total. The summed E-state index contributed by atoms with van der Waals surface area (Å²) in [6, 6.07) is 21.2. The molecule has 0 saturated carbocycles. The van der Waals surface area contributed by atoms with Crippen molar-refractivity contribution in [3.8, 4) is 35.1 Å². The van der Waals surface area contributed by atoms with Gasteiger partial charge >= 0.3 is 0 Å². The van der Waals surface area contributed by atoms with Crippen molar-refractivity contribution < 1.29 is 13.9 Å². The predicted octanol–water partition coefficient (Wildman–Crippen LogP) is 5.15. The number of hydrogen-bond donors (Lipinski definition) is 0. The van der Waals surface area contributed by atoms with Crippen LogP contribution >= 0.6 is 0 Å². The van der Waals surface area contributed by atoms with Crippen molar-refractivity contribution in [2.45, 2.75) is 0 Å². The average Bonchev–Trinajstić information content (AvgIpc) is 2.63. The maximum absolute atomic E-state index is 12.9. The second-order valence-electron chi connectivity index (χ2n) is 5.04. The minimum Gasteiger partial charge on any atom is -0.457 e. The molecule has 0 unspecified atom stereocenters. The molecule has 0 amide bonds. The van der Waals surface area contributed by atoms with E-state index in [0.29, 0.717) is 23.0 Å². The Balaban J connectivity index is 1.84. The Kier molecular flexibility index (Phi) is 4.60. The fourth-order valence-electron chi connectivity index (χ4n) is 2.19. The molecule has 25 heavy (non-hydrogen) atoms. The summed E-state index contributed by atoms with van der Waals surface area (Å²) < 4.78 is 24.3. The third-order valence-corrected chi connectivity index (χ3v) is 3.34. The molecule has 0 aliphatic heterocycles. The van der Waals surface area contributed by atoms with E-state index in [2.05, 4.69) is 0 Å². The lowest BCUT2D eigenvalue weighted by atomic mass is 10.1. The fourth-order valence-corrected chi connectivity index (χ4v) is 2.19. The van der Waals surface area contributed by atoms with Crippen LogP contribution in [-0.2, 0) is 0 Å². The summed E-state index contributed by atoms with van der Waals surface area (Å²) in [4.78, 5) is 0. The number of nitrogens with zero attached hydrogens (tertiary/aromatic N) is 2. The maximum atomic E-state index is 12.9. The van der Waals surface area contributed by atoms with Gasteiger partial charge < -0.3 is 9.47 Å². The molecule has 4 nitrogen and oxygen atoms in total. The molecule has 0 spiro atoms. The Bertz CT molecular complexity index is 986. The van der Waals surface area contributed by atoms with Gasteiger partial charge in [-0.25, -0.2) is 4.39 Å². The molecule has 5 heteroatoms. The molecule has 120 valence electrons. The molecule has 0 bridgehead atoms. The first-order chi connectivity index (χ1) is 12.2. The average molecular weight is 330 g/mol. The van der Waals surface area contributed by atoms with Crippen LogP contribution in [-0.4, -0.2) is 0 Å². The molecule has 0 heterocycles. The summed E-state index contributed by atoms with van der Waals surface area (Å²) >= 11 is 0. The van der Waals surface area contributed by atoms with Crippen molar-refractivity contribution in [3.63, 3.8) is 0 Å². The van der Waals surface area contributed by atoms with Crippen LogP contribution in [0.25, 0.3) is 0 Å². The summed E-state index contributed by atoms with van der Waals surface area (Å²) in [5, 5.41) is 18.3. The van der Waals surface area contributed by atoms with Crippen molar-refractivity contribution in [2.75, 3.05) is 0 Å². The zero-order valence-electron chi connectivity index (χ0n) is 12.9. The molecular formula is C20H11FN2O2. The molecule has 0 atom stereocenters. The van der Waals surface area contributed by atoms with Gasteiger partial charge in [0.25, 0.3) is 0 Å². The molecular weight excluding hydrogens is 319 g/mol. The third-order valence-electron chi connectivity index (χ3n) is 3.34. The van der Waals surface area contributed by atoms with Crippen molar-refractivity contribution in [1.29, 1.82) is 10.5 Å². The minimum absolute atomic E-state index is 0.176. The van der Waals surface area contributed by atoms with Crippen LogP contribution in [0.4, 0.5) is 4.39 Å². The van der Waals surface area contributed by atoms with E-state index in [4.69, 9.17) is 14.7 Å². The summed E-state index contributed by atoms with van der Waals surface area (Å²) in [7, 11) is 0. The van der Waals surface area contributed by atoms with E-state index < -0.39 is 0 Å². The van der Waals surface area contributed by atoms with E-state index in [1.807, 2.05) is 12.1 Å². The maximum Gasteiger partial charge on any atom is 0.146 e. The Morgan fingerprint density at radius 1 is 0.720 bits per heavy atom. The Labute approximate surface area is 143 Å². The van der Waals surface area contributed by atoms with Crippen LogP contribution in [0, 0.1) is 28.5 Å². The summed E-state index contributed by atoms with van der Waals surface area (Å²) in [5.41, 5.74) is 0.425. The normalized spacial score (nSPS) is 9.72. The van der Waals surface area contributed by atoms with Crippen LogP contribution < -0.4 is 9.47 Å². The molecule has 0 fully saturated rings. The van der Waals surface area contributed by atoms with Gasteiger partial charge in [-0.15, -0.1) is 0 Å². The third kappa shape index (κ3) is 3.74. The lowest BCUT2D eigenvalue weighted by Gasteiger charge is -2.10. The topological polar surface area (TPSA) is 66.0 Å². The molecule has 0 aliphatic rings. The highest BCUT2D eigenvalue weighted by molar-refractivity contribution is 5.55. The molecule has 3 rings (SSSR count). The van der Waals surface area contributed by atoms with E-state index in [1.165, 1.54) is 24.3 Å². The zero-order valence-corrected chi connectivity index (χ0v) is 12.9. The molecule has 3 aromatic rings. The number of rotatable bonds is 4. The number of benzene rings is 3. The van der Waals surface area contributed by atoms with Crippen molar-refractivity contribution in [3.05, 3.63) is 83.7 Å². The first-order valence-electron chi connectivity index (χ1n) is 7.34. The van der Waals surface area contributed by atoms with Crippen molar-refractivity contribution in [2.24, 2.45) is 0 Å². The molecule has 0 radical (unpaired) electrons. The van der Waals surface area contributed by atoms with Crippen molar-refractivity contribution >= 4 is 0 Å². The number of ether oxygens (including phenoxy) is 2. The number of nitriles is 2. The van der Waals surface area contributed by atoms with Gasteiger partial charge in [-0.05, 0) is 48.5 Å². The molecule has 0 aliphatic carbocycles. The van der Waals surface area contributed by atoms with Crippen LogP contribution in [0.15, 0.2) is 66.7 Å². The number of hydrogen-bond acceptors (Lipinski definition) is 4. The summed E-state index contributed by atoms with van der Waals surface area (Å²) in [5.74, 6) is 1.39.